The van der Waals surface area contributed by atoms with Crippen LogP contribution in [0.5, 0.6) is 0 Å². The standard InChI is InChI=1S/C25H52O5Si2/c1-15-19(16-17-27-31(11,12)23(3,4)5)20(26)22(30-32(13,14)24(6,7)8)21-18(2)28-25(9,10)29-21/h15,18-22,26H,1,16-17H2,2-14H3/t18-,19+,20+,21+,22-/m1/s1. The molecule has 0 aromatic carbocycles. The van der Waals surface area contributed by atoms with E-state index in [1.807, 2.05) is 26.8 Å². The highest BCUT2D eigenvalue weighted by molar-refractivity contribution is 6.74. The quantitative estimate of drug-likeness (QED) is 0.281. The molecule has 0 amide bonds. The van der Waals surface area contributed by atoms with Crippen LogP contribution in [0.25, 0.3) is 0 Å². The molecule has 1 saturated heterocycles. The van der Waals surface area contributed by atoms with Gasteiger partial charge in [-0.05, 0) is 63.5 Å². The molecule has 1 N–H and O–H groups in total. The molecule has 7 heteroatoms. The van der Waals surface area contributed by atoms with Crippen molar-refractivity contribution in [3.8, 4) is 0 Å². The van der Waals surface area contributed by atoms with E-state index in [-0.39, 0.29) is 28.2 Å². The van der Waals surface area contributed by atoms with Crippen molar-refractivity contribution in [1.29, 1.82) is 0 Å². The number of aliphatic hydroxyl groups is 1. The molecule has 0 saturated carbocycles. The fourth-order valence-corrected chi connectivity index (χ4v) is 5.86. The minimum Gasteiger partial charge on any atom is -0.417 e. The number of hydrogen-bond donors (Lipinski definition) is 1. The molecule has 0 aromatic rings. The second kappa shape index (κ2) is 10.3. The topological polar surface area (TPSA) is 57.2 Å². The average molecular weight is 489 g/mol. The van der Waals surface area contributed by atoms with Gasteiger partial charge >= 0.3 is 0 Å². The van der Waals surface area contributed by atoms with E-state index in [1.165, 1.54) is 0 Å². The highest BCUT2D eigenvalue weighted by Crippen LogP contribution is 2.41. The molecule has 5 atom stereocenters. The maximum atomic E-state index is 11.6. The molecule has 1 heterocycles. The third-order valence-corrected chi connectivity index (χ3v) is 16.7. The summed E-state index contributed by atoms with van der Waals surface area (Å²) in [5.74, 6) is -0.859. The van der Waals surface area contributed by atoms with Crippen molar-refractivity contribution in [3.05, 3.63) is 12.7 Å². The second-order valence-electron chi connectivity index (χ2n) is 12.9. The summed E-state index contributed by atoms with van der Waals surface area (Å²) in [7, 11) is -4.02. The van der Waals surface area contributed by atoms with E-state index in [9.17, 15) is 5.11 Å². The Kier molecular flexibility index (Phi) is 9.66. The van der Waals surface area contributed by atoms with Crippen molar-refractivity contribution >= 4 is 16.6 Å². The Labute approximate surface area is 200 Å². The van der Waals surface area contributed by atoms with Gasteiger partial charge in [-0.15, -0.1) is 6.58 Å². The van der Waals surface area contributed by atoms with E-state index in [4.69, 9.17) is 18.3 Å². The predicted molar refractivity (Wildman–Crippen MR) is 139 cm³/mol. The molecule has 32 heavy (non-hydrogen) atoms. The Balaban J connectivity index is 3.09. The third kappa shape index (κ3) is 7.49. The van der Waals surface area contributed by atoms with E-state index >= 15 is 0 Å². The molecule has 0 bridgehead atoms. The van der Waals surface area contributed by atoms with Crippen LogP contribution in [-0.4, -0.2) is 58.6 Å². The fraction of sp³-hybridized carbons (Fsp3) is 0.920. The number of aliphatic hydroxyl groups excluding tert-OH is 1. The average Bonchev–Trinajstić information content (AvgIpc) is 2.86. The summed E-state index contributed by atoms with van der Waals surface area (Å²) >= 11 is 0. The highest BCUT2D eigenvalue weighted by Gasteiger charge is 2.50. The van der Waals surface area contributed by atoms with Crippen molar-refractivity contribution in [2.75, 3.05) is 6.61 Å². The fourth-order valence-electron chi connectivity index (χ4n) is 3.49. The van der Waals surface area contributed by atoms with Gasteiger partial charge in [0.15, 0.2) is 22.4 Å². The van der Waals surface area contributed by atoms with E-state index in [2.05, 4.69) is 74.3 Å². The Bertz CT molecular complexity index is 619. The minimum absolute atomic E-state index is 0.0122. The van der Waals surface area contributed by atoms with Crippen molar-refractivity contribution in [3.63, 3.8) is 0 Å². The predicted octanol–water partition coefficient (Wildman–Crippen LogP) is 6.49. The Morgan fingerprint density at radius 1 is 1.00 bits per heavy atom. The Morgan fingerprint density at radius 3 is 1.88 bits per heavy atom. The first-order valence-corrected chi connectivity index (χ1v) is 17.9. The SMILES string of the molecule is C=C[C@@H](CCO[Si](C)(C)C(C)(C)C)[C@H](O)[C@@H](O[Si](C)(C)C(C)(C)C)[C@H]1OC(C)(C)O[C@@H]1C. The zero-order valence-electron chi connectivity index (χ0n) is 23.2. The summed E-state index contributed by atoms with van der Waals surface area (Å²) in [6, 6.07) is 0. The van der Waals surface area contributed by atoms with Crippen LogP contribution in [0.2, 0.25) is 36.3 Å². The van der Waals surface area contributed by atoms with Crippen LogP contribution >= 0.6 is 0 Å². The molecule has 1 aliphatic rings. The molecule has 0 spiro atoms. The molecule has 0 radical (unpaired) electrons. The van der Waals surface area contributed by atoms with Crippen molar-refractivity contribution in [2.24, 2.45) is 5.92 Å². The summed E-state index contributed by atoms with van der Waals surface area (Å²) in [6.07, 6.45) is 0.757. The number of rotatable bonds is 10. The summed E-state index contributed by atoms with van der Waals surface area (Å²) in [6.45, 7) is 32.7. The van der Waals surface area contributed by atoms with E-state index in [0.29, 0.717) is 13.0 Å². The van der Waals surface area contributed by atoms with Gasteiger partial charge in [-0.25, -0.2) is 0 Å². The zero-order chi connectivity index (χ0) is 25.3. The van der Waals surface area contributed by atoms with E-state index in [0.717, 1.165) is 0 Å². The molecular weight excluding hydrogens is 436 g/mol. The molecule has 0 unspecified atom stereocenters. The van der Waals surface area contributed by atoms with Gasteiger partial charge in [0.1, 0.15) is 12.2 Å². The molecule has 5 nitrogen and oxygen atoms in total. The number of ether oxygens (including phenoxy) is 2. The first-order chi connectivity index (χ1) is 14.2. The molecular formula is C25H52O5Si2. The van der Waals surface area contributed by atoms with Gasteiger partial charge in [0.25, 0.3) is 0 Å². The summed E-state index contributed by atoms with van der Waals surface area (Å²) in [4.78, 5) is 0. The smallest absolute Gasteiger partial charge is 0.192 e. The molecule has 0 aliphatic carbocycles. The molecule has 1 fully saturated rings. The van der Waals surface area contributed by atoms with Crippen LogP contribution in [-0.2, 0) is 18.3 Å². The van der Waals surface area contributed by atoms with E-state index < -0.39 is 34.6 Å². The zero-order valence-corrected chi connectivity index (χ0v) is 25.2. The van der Waals surface area contributed by atoms with Crippen molar-refractivity contribution < 1.29 is 23.4 Å². The van der Waals surface area contributed by atoms with Crippen LogP contribution < -0.4 is 0 Å². The maximum absolute atomic E-state index is 11.6. The first-order valence-electron chi connectivity index (χ1n) is 12.1. The minimum atomic E-state index is -2.17. The lowest BCUT2D eigenvalue weighted by Gasteiger charge is -2.43. The first kappa shape index (κ1) is 30.0. The molecule has 190 valence electrons. The normalized spacial score (nSPS) is 25.4. The van der Waals surface area contributed by atoms with Gasteiger partial charge in [0.05, 0.1) is 12.2 Å². The summed E-state index contributed by atoms with van der Waals surface area (Å²) in [5.41, 5.74) is 0. The van der Waals surface area contributed by atoms with Crippen LogP contribution in [0, 0.1) is 5.92 Å². The van der Waals surface area contributed by atoms with Gasteiger partial charge < -0.3 is 23.4 Å². The number of hydrogen-bond acceptors (Lipinski definition) is 5. The van der Waals surface area contributed by atoms with Crippen molar-refractivity contribution in [1.82, 2.24) is 0 Å². The van der Waals surface area contributed by atoms with E-state index in [1.54, 1.807) is 0 Å². The van der Waals surface area contributed by atoms with Crippen LogP contribution in [0.1, 0.15) is 68.7 Å². The molecule has 1 rings (SSSR count). The highest BCUT2D eigenvalue weighted by atomic mass is 28.4. The lowest BCUT2D eigenvalue weighted by atomic mass is 9.91. The van der Waals surface area contributed by atoms with Gasteiger partial charge in [-0.1, -0.05) is 47.6 Å². The third-order valence-electron chi connectivity index (χ3n) is 7.71. The summed E-state index contributed by atoms with van der Waals surface area (Å²) < 4.78 is 25.5. The lowest BCUT2D eigenvalue weighted by Crippen LogP contribution is -2.55. The molecule has 0 aromatic heterocycles. The van der Waals surface area contributed by atoms with Crippen LogP contribution in [0.4, 0.5) is 0 Å². The Morgan fingerprint density at radius 2 is 1.50 bits per heavy atom. The Hall–Kier alpha value is -0.0262. The van der Waals surface area contributed by atoms with Gasteiger partial charge in [0, 0.05) is 12.5 Å². The maximum Gasteiger partial charge on any atom is 0.192 e. The molecule has 1 aliphatic heterocycles. The largest absolute Gasteiger partial charge is 0.417 e. The van der Waals surface area contributed by atoms with Gasteiger partial charge in [-0.2, -0.15) is 0 Å². The van der Waals surface area contributed by atoms with Gasteiger partial charge in [-0.3, -0.25) is 0 Å². The summed E-state index contributed by atoms with van der Waals surface area (Å²) in [5, 5.41) is 11.7. The van der Waals surface area contributed by atoms with Gasteiger partial charge in [0.2, 0.25) is 0 Å². The van der Waals surface area contributed by atoms with Crippen LogP contribution in [0.3, 0.4) is 0 Å². The lowest BCUT2D eigenvalue weighted by molar-refractivity contribution is -0.162. The second-order valence-corrected chi connectivity index (χ2v) is 22.5. The van der Waals surface area contributed by atoms with Crippen molar-refractivity contribution in [2.45, 2.75) is 135 Å². The monoisotopic (exact) mass is 488 g/mol. The van der Waals surface area contributed by atoms with Crippen LogP contribution in [0.15, 0.2) is 12.7 Å².